The van der Waals surface area contributed by atoms with Crippen LogP contribution in [0.4, 0.5) is 11.4 Å². The molecule has 2 N–H and O–H groups in total. The van der Waals surface area contributed by atoms with Crippen LogP contribution in [0.15, 0.2) is 65.6 Å². The molecule has 0 unspecified atom stereocenters. The van der Waals surface area contributed by atoms with E-state index in [4.69, 9.17) is 0 Å². The number of benzene rings is 3. The molecule has 0 saturated carbocycles. The molecule has 0 aliphatic rings. The van der Waals surface area contributed by atoms with Crippen LogP contribution in [-0.2, 0) is 16.4 Å². The first-order valence-corrected chi connectivity index (χ1v) is 12.3. The molecule has 6 heteroatoms. The minimum Gasteiger partial charge on any atom is -0.322 e. The number of carbonyl (C=O) groups excluding carboxylic acids is 1. The quantitative estimate of drug-likeness (QED) is 0.441. The smallest absolute Gasteiger partial charge is 0.261 e. The van der Waals surface area contributed by atoms with Gasteiger partial charge >= 0.3 is 0 Å². The van der Waals surface area contributed by atoms with Crippen molar-refractivity contribution in [3.8, 4) is 0 Å². The van der Waals surface area contributed by atoms with Gasteiger partial charge in [0.05, 0.1) is 4.90 Å². The number of nitrogens with one attached hydrogen (secondary N) is 2. The first-order chi connectivity index (χ1) is 15.2. The molecule has 0 heterocycles. The Morgan fingerprint density at radius 1 is 0.906 bits per heavy atom. The van der Waals surface area contributed by atoms with Crippen LogP contribution in [0.3, 0.4) is 0 Å². The van der Waals surface area contributed by atoms with E-state index in [0.29, 0.717) is 22.5 Å². The highest BCUT2D eigenvalue weighted by Gasteiger charge is 2.19. The van der Waals surface area contributed by atoms with Crippen LogP contribution in [0.25, 0.3) is 0 Å². The second-order valence-electron chi connectivity index (χ2n) is 8.08. The lowest BCUT2D eigenvalue weighted by atomic mass is 10.1. The molecule has 0 aromatic heterocycles. The lowest BCUT2D eigenvalue weighted by Gasteiger charge is -2.14. The van der Waals surface area contributed by atoms with E-state index in [9.17, 15) is 13.2 Å². The fourth-order valence-corrected chi connectivity index (χ4v) is 4.51. The lowest BCUT2D eigenvalue weighted by Crippen LogP contribution is -2.17. The van der Waals surface area contributed by atoms with Crippen molar-refractivity contribution in [1.29, 1.82) is 0 Å². The molecule has 3 aromatic carbocycles. The highest BCUT2D eigenvalue weighted by Crippen LogP contribution is 2.23. The number of anilines is 2. The van der Waals surface area contributed by atoms with E-state index in [-0.39, 0.29) is 10.8 Å². The van der Waals surface area contributed by atoms with E-state index in [1.165, 1.54) is 17.7 Å². The number of hydrogen-bond acceptors (Lipinski definition) is 3. The van der Waals surface area contributed by atoms with Gasteiger partial charge in [-0.1, -0.05) is 43.7 Å². The molecule has 0 spiro atoms. The summed E-state index contributed by atoms with van der Waals surface area (Å²) < 4.78 is 28.5. The third-order valence-corrected chi connectivity index (χ3v) is 7.02. The van der Waals surface area contributed by atoms with Crippen LogP contribution in [-0.4, -0.2) is 14.3 Å². The van der Waals surface area contributed by atoms with Crippen molar-refractivity contribution >= 4 is 27.3 Å². The Morgan fingerprint density at radius 3 is 2.31 bits per heavy atom. The number of sulfonamides is 1. The molecule has 0 bridgehead atoms. The summed E-state index contributed by atoms with van der Waals surface area (Å²) in [5.41, 5.74) is 5.45. The van der Waals surface area contributed by atoms with Gasteiger partial charge in [0.2, 0.25) is 0 Å². The largest absolute Gasteiger partial charge is 0.322 e. The van der Waals surface area contributed by atoms with Crippen LogP contribution in [0, 0.1) is 20.8 Å². The van der Waals surface area contributed by atoms with Crippen LogP contribution in [0.1, 0.15) is 52.4 Å². The molecule has 0 aliphatic heterocycles. The molecule has 0 radical (unpaired) electrons. The molecule has 5 nitrogen and oxygen atoms in total. The molecule has 3 rings (SSSR count). The molecular weight excluding hydrogens is 420 g/mol. The van der Waals surface area contributed by atoms with Crippen molar-refractivity contribution in [1.82, 2.24) is 0 Å². The number of aryl methyl sites for hydroxylation is 3. The Balaban J connectivity index is 1.82. The van der Waals surface area contributed by atoms with Crippen LogP contribution in [0.2, 0.25) is 0 Å². The summed E-state index contributed by atoms with van der Waals surface area (Å²) >= 11 is 0. The second kappa shape index (κ2) is 10.0. The van der Waals surface area contributed by atoms with Crippen LogP contribution < -0.4 is 10.0 Å². The molecular formula is C26H30N2O3S. The molecule has 3 aromatic rings. The highest BCUT2D eigenvalue weighted by molar-refractivity contribution is 7.92. The van der Waals surface area contributed by atoms with Gasteiger partial charge in [0.1, 0.15) is 0 Å². The van der Waals surface area contributed by atoms with Crippen LogP contribution >= 0.6 is 0 Å². The molecule has 0 atom stereocenters. The standard InChI is InChI=1S/C26H30N2O3S/c1-5-6-9-21-12-14-22(15-13-21)28-32(30,31)23-16-11-19(3)24(17-23)26(29)27-25-10-7-8-18(2)20(25)4/h7-8,10-17,28H,5-6,9H2,1-4H3,(H,27,29). The van der Waals surface area contributed by atoms with Gasteiger partial charge in [-0.25, -0.2) is 8.42 Å². The Hall–Kier alpha value is -3.12. The zero-order valence-corrected chi connectivity index (χ0v) is 19.8. The SMILES string of the molecule is CCCCc1ccc(NS(=O)(=O)c2ccc(C)c(C(=O)Nc3cccc(C)c3C)c2)cc1. The number of rotatable bonds is 8. The van der Waals surface area contributed by atoms with Gasteiger partial charge in [0.15, 0.2) is 0 Å². The normalized spacial score (nSPS) is 11.2. The summed E-state index contributed by atoms with van der Waals surface area (Å²) in [7, 11) is -3.83. The van der Waals surface area contributed by atoms with Crippen molar-refractivity contribution in [2.24, 2.45) is 0 Å². The van der Waals surface area contributed by atoms with E-state index < -0.39 is 10.0 Å². The predicted molar refractivity (Wildman–Crippen MR) is 131 cm³/mol. The molecule has 0 fully saturated rings. The summed E-state index contributed by atoms with van der Waals surface area (Å²) in [4.78, 5) is 13.0. The van der Waals surface area contributed by atoms with Crippen molar-refractivity contribution in [3.05, 3.63) is 88.5 Å². The average molecular weight is 451 g/mol. The monoisotopic (exact) mass is 450 g/mol. The number of unbranched alkanes of at least 4 members (excludes halogenated alkanes) is 1. The zero-order chi connectivity index (χ0) is 23.3. The summed E-state index contributed by atoms with van der Waals surface area (Å²) in [6.45, 7) is 7.85. The van der Waals surface area contributed by atoms with Crippen molar-refractivity contribution in [2.75, 3.05) is 10.0 Å². The molecule has 1 amide bonds. The van der Waals surface area contributed by atoms with Gasteiger partial charge in [-0.15, -0.1) is 0 Å². The third kappa shape index (κ3) is 5.56. The Kier molecular flexibility index (Phi) is 7.36. The minimum absolute atomic E-state index is 0.0456. The molecule has 0 saturated heterocycles. The fourth-order valence-electron chi connectivity index (χ4n) is 3.42. The zero-order valence-electron chi connectivity index (χ0n) is 19.0. The minimum atomic E-state index is -3.83. The summed E-state index contributed by atoms with van der Waals surface area (Å²) in [5, 5.41) is 2.91. The van der Waals surface area contributed by atoms with E-state index in [1.807, 2.05) is 44.2 Å². The second-order valence-corrected chi connectivity index (χ2v) is 9.77. The topological polar surface area (TPSA) is 75.3 Å². The van der Waals surface area contributed by atoms with Gasteiger partial charge in [-0.2, -0.15) is 0 Å². The molecule has 0 aliphatic carbocycles. The first-order valence-electron chi connectivity index (χ1n) is 10.8. The average Bonchev–Trinajstić information content (AvgIpc) is 2.76. The summed E-state index contributed by atoms with van der Waals surface area (Å²) in [6, 6.07) is 17.7. The van der Waals surface area contributed by atoms with Gasteiger partial charge in [-0.05, 0) is 86.2 Å². The van der Waals surface area contributed by atoms with E-state index in [1.54, 1.807) is 25.1 Å². The Bertz CT molecular complexity index is 1220. The first kappa shape index (κ1) is 23.5. The van der Waals surface area contributed by atoms with Crippen molar-refractivity contribution in [3.63, 3.8) is 0 Å². The Labute approximate surface area is 190 Å². The molecule has 168 valence electrons. The van der Waals surface area contributed by atoms with E-state index in [0.717, 1.165) is 30.4 Å². The third-order valence-electron chi connectivity index (χ3n) is 5.64. The highest BCUT2D eigenvalue weighted by atomic mass is 32.2. The number of amides is 1. The van der Waals surface area contributed by atoms with Gasteiger partial charge in [0, 0.05) is 16.9 Å². The fraction of sp³-hybridized carbons (Fsp3) is 0.269. The predicted octanol–water partition coefficient (Wildman–Crippen LogP) is 6.01. The van der Waals surface area contributed by atoms with Crippen molar-refractivity contribution in [2.45, 2.75) is 51.9 Å². The summed E-state index contributed by atoms with van der Waals surface area (Å²) in [6.07, 6.45) is 3.18. The summed E-state index contributed by atoms with van der Waals surface area (Å²) in [5.74, 6) is -0.339. The van der Waals surface area contributed by atoms with Gasteiger partial charge in [0.25, 0.3) is 15.9 Å². The number of hydrogen-bond donors (Lipinski definition) is 2. The van der Waals surface area contributed by atoms with E-state index >= 15 is 0 Å². The molecule has 32 heavy (non-hydrogen) atoms. The van der Waals surface area contributed by atoms with Gasteiger partial charge < -0.3 is 5.32 Å². The van der Waals surface area contributed by atoms with Crippen LogP contribution in [0.5, 0.6) is 0 Å². The maximum Gasteiger partial charge on any atom is 0.261 e. The van der Waals surface area contributed by atoms with Gasteiger partial charge in [-0.3, -0.25) is 9.52 Å². The van der Waals surface area contributed by atoms with Crippen molar-refractivity contribution < 1.29 is 13.2 Å². The lowest BCUT2D eigenvalue weighted by molar-refractivity contribution is 0.102. The Morgan fingerprint density at radius 2 is 1.62 bits per heavy atom. The maximum absolute atomic E-state index is 13.0. The van der Waals surface area contributed by atoms with E-state index in [2.05, 4.69) is 17.0 Å². The maximum atomic E-state index is 13.0. The number of carbonyl (C=O) groups is 1.